The van der Waals surface area contributed by atoms with E-state index in [1.807, 2.05) is 30.3 Å². The fraction of sp³-hybridized carbons (Fsp3) is 0.353. The third-order valence-electron chi connectivity index (χ3n) is 4.04. The molecule has 0 aliphatic carbocycles. The number of primary amides is 1. The van der Waals surface area contributed by atoms with Crippen molar-refractivity contribution in [1.29, 1.82) is 0 Å². The van der Waals surface area contributed by atoms with Crippen LogP contribution < -0.4 is 15.4 Å². The predicted octanol–water partition coefficient (Wildman–Crippen LogP) is 1.76. The molecule has 2 aromatic rings. The summed E-state index contributed by atoms with van der Waals surface area (Å²) in [6.07, 6.45) is 4.88. The summed E-state index contributed by atoms with van der Waals surface area (Å²) < 4.78 is 5.68. The number of carbonyl (C=O) groups excluding carboxylic acids is 1. The topological polar surface area (TPSA) is 81.3 Å². The Hall–Kier alpha value is -2.63. The van der Waals surface area contributed by atoms with Gasteiger partial charge in [0, 0.05) is 19.0 Å². The van der Waals surface area contributed by atoms with E-state index in [0.29, 0.717) is 18.3 Å². The first-order chi connectivity index (χ1) is 11.2. The molecular weight excluding hydrogens is 292 g/mol. The number of piperidine rings is 1. The summed E-state index contributed by atoms with van der Waals surface area (Å²) in [6, 6.07) is 9.96. The summed E-state index contributed by atoms with van der Waals surface area (Å²) >= 11 is 0. The van der Waals surface area contributed by atoms with Gasteiger partial charge in [0.05, 0.1) is 12.4 Å². The predicted molar refractivity (Wildman–Crippen MR) is 86.9 cm³/mol. The third-order valence-corrected chi connectivity index (χ3v) is 4.04. The number of hydrogen-bond acceptors (Lipinski definition) is 5. The van der Waals surface area contributed by atoms with Crippen molar-refractivity contribution in [1.82, 2.24) is 9.97 Å². The van der Waals surface area contributed by atoms with Crippen LogP contribution in [-0.2, 0) is 11.4 Å². The quantitative estimate of drug-likeness (QED) is 0.910. The Morgan fingerprint density at radius 3 is 2.43 bits per heavy atom. The molecule has 0 radical (unpaired) electrons. The van der Waals surface area contributed by atoms with Crippen LogP contribution in [-0.4, -0.2) is 29.0 Å². The van der Waals surface area contributed by atoms with Gasteiger partial charge in [-0.05, 0) is 18.4 Å². The zero-order valence-corrected chi connectivity index (χ0v) is 12.9. The van der Waals surface area contributed by atoms with E-state index < -0.39 is 0 Å². The van der Waals surface area contributed by atoms with Crippen LogP contribution in [0.5, 0.6) is 5.75 Å². The van der Waals surface area contributed by atoms with Gasteiger partial charge in [-0.2, -0.15) is 0 Å². The van der Waals surface area contributed by atoms with Crippen molar-refractivity contribution < 1.29 is 9.53 Å². The van der Waals surface area contributed by atoms with Crippen LogP contribution in [0, 0.1) is 5.92 Å². The Balaban J connectivity index is 1.54. The number of nitrogens with two attached hydrogens (primary N) is 1. The lowest BCUT2D eigenvalue weighted by molar-refractivity contribution is -0.122. The third kappa shape index (κ3) is 3.97. The number of hydrogen-bond donors (Lipinski definition) is 1. The normalized spacial score (nSPS) is 15.4. The summed E-state index contributed by atoms with van der Waals surface area (Å²) in [5.41, 5.74) is 6.45. The molecule has 0 bridgehead atoms. The number of carbonyl (C=O) groups is 1. The fourth-order valence-corrected chi connectivity index (χ4v) is 2.65. The molecule has 6 nitrogen and oxygen atoms in total. The van der Waals surface area contributed by atoms with E-state index in [0.717, 1.165) is 31.5 Å². The molecule has 0 atom stereocenters. The molecule has 1 aliphatic rings. The van der Waals surface area contributed by atoms with E-state index in [1.54, 1.807) is 12.4 Å². The van der Waals surface area contributed by atoms with Gasteiger partial charge in [-0.1, -0.05) is 30.3 Å². The van der Waals surface area contributed by atoms with Crippen LogP contribution in [0.15, 0.2) is 42.7 Å². The monoisotopic (exact) mass is 312 g/mol. The number of amides is 1. The molecule has 0 unspecified atom stereocenters. The summed E-state index contributed by atoms with van der Waals surface area (Å²) in [4.78, 5) is 22.0. The number of ether oxygens (including phenoxy) is 1. The summed E-state index contributed by atoms with van der Waals surface area (Å²) in [7, 11) is 0. The Kier molecular flexibility index (Phi) is 4.71. The summed E-state index contributed by atoms with van der Waals surface area (Å²) in [6.45, 7) is 1.99. The lowest BCUT2D eigenvalue weighted by Gasteiger charge is -2.30. The molecule has 1 amide bonds. The van der Waals surface area contributed by atoms with Gasteiger partial charge in [-0.25, -0.2) is 9.97 Å². The van der Waals surface area contributed by atoms with Crippen molar-refractivity contribution in [2.75, 3.05) is 18.0 Å². The molecule has 2 N–H and O–H groups in total. The van der Waals surface area contributed by atoms with E-state index in [-0.39, 0.29) is 11.8 Å². The average Bonchev–Trinajstić information content (AvgIpc) is 2.61. The lowest BCUT2D eigenvalue weighted by Crippen LogP contribution is -2.39. The van der Waals surface area contributed by atoms with Gasteiger partial charge in [-0.3, -0.25) is 4.79 Å². The molecule has 6 heteroatoms. The minimum atomic E-state index is -0.213. The average molecular weight is 312 g/mol. The molecule has 1 aromatic carbocycles. The van der Waals surface area contributed by atoms with Crippen LogP contribution in [0.4, 0.5) is 5.95 Å². The molecule has 0 saturated carbocycles. The molecule has 3 rings (SSSR count). The van der Waals surface area contributed by atoms with Gasteiger partial charge in [-0.15, -0.1) is 0 Å². The highest BCUT2D eigenvalue weighted by molar-refractivity contribution is 5.76. The smallest absolute Gasteiger partial charge is 0.225 e. The van der Waals surface area contributed by atoms with Crippen molar-refractivity contribution in [3.8, 4) is 5.75 Å². The van der Waals surface area contributed by atoms with Gasteiger partial charge >= 0.3 is 0 Å². The van der Waals surface area contributed by atoms with Crippen molar-refractivity contribution >= 4 is 11.9 Å². The molecular formula is C17H20N4O2. The van der Waals surface area contributed by atoms with Gasteiger partial charge in [0.25, 0.3) is 0 Å². The summed E-state index contributed by atoms with van der Waals surface area (Å²) in [5.74, 6) is 1.07. The number of nitrogens with zero attached hydrogens (tertiary/aromatic N) is 3. The zero-order valence-electron chi connectivity index (χ0n) is 12.9. The maximum atomic E-state index is 11.2. The SMILES string of the molecule is NC(=O)C1CCN(c2ncc(OCc3ccccc3)cn2)CC1. The van der Waals surface area contributed by atoms with Crippen molar-refractivity contribution in [3.63, 3.8) is 0 Å². The fourth-order valence-electron chi connectivity index (χ4n) is 2.65. The molecule has 0 spiro atoms. The first-order valence-corrected chi connectivity index (χ1v) is 7.75. The van der Waals surface area contributed by atoms with E-state index in [1.165, 1.54) is 0 Å². The van der Waals surface area contributed by atoms with Crippen LogP contribution in [0.1, 0.15) is 18.4 Å². The Bertz CT molecular complexity index is 637. The van der Waals surface area contributed by atoms with Crippen LogP contribution in [0.2, 0.25) is 0 Å². The molecule has 1 aliphatic heterocycles. The Morgan fingerprint density at radius 1 is 1.17 bits per heavy atom. The second-order valence-corrected chi connectivity index (χ2v) is 5.66. The molecule has 120 valence electrons. The van der Waals surface area contributed by atoms with Crippen LogP contribution in [0.25, 0.3) is 0 Å². The standard InChI is InChI=1S/C17H20N4O2/c18-16(22)14-6-8-21(9-7-14)17-19-10-15(11-20-17)23-12-13-4-2-1-3-5-13/h1-5,10-11,14H,6-9,12H2,(H2,18,22). The van der Waals surface area contributed by atoms with E-state index >= 15 is 0 Å². The van der Waals surface area contributed by atoms with Gasteiger partial charge in [0.2, 0.25) is 11.9 Å². The summed E-state index contributed by atoms with van der Waals surface area (Å²) in [5, 5.41) is 0. The lowest BCUT2D eigenvalue weighted by atomic mass is 9.96. The second kappa shape index (κ2) is 7.09. The highest BCUT2D eigenvalue weighted by Gasteiger charge is 2.24. The largest absolute Gasteiger partial charge is 0.486 e. The van der Waals surface area contributed by atoms with E-state index in [2.05, 4.69) is 14.9 Å². The molecule has 1 fully saturated rings. The minimum Gasteiger partial charge on any atom is -0.486 e. The first kappa shape index (κ1) is 15.3. The van der Waals surface area contributed by atoms with Crippen molar-refractivity contribution in [3.05, 3.63) is 48.3 Å². The highest BCUT2D eigenvalue weighted by Crippen LogP contribution is 2.21. The minimum absolute atomic E-state index is 0.0280. The first-order valence-electron chi connectivity index (χ1n) is 7.75. The van der Waals surface area contributed by atoms with E-state index in [9.17, 15) is 4.79 Å². The van der Waals surface area contributed by atoms with Crippen molar-refractivity contribution in [2.45, 2.75) is 19.4 Å². The van der Waals surface area contributed by atoms with Gasteiger partial charge < -0.3 is 15.4 Å². The number of anilines is 1. The molecule has 1 aromatic heterocycles. The van der Waals surface area contributed by atoms with Crippen molar-refractivity contribution in [2.24, 2.45) is 11.7 Å². The number of benzene rings is 1. The maximum absolute atomic E-state index is 11.2. The molecule has 1 saturated heterocycles. The number of rotatable bonds is 5. The Morgan fingerprint density at radius 2 is 1.83 bits per heavy atom. The van der Waals surface area contributed by atoms with Gasteiger partial charge in [0.1, 0.15) is 6.61 Å². The van der Waals surface area contributed by atoms with Gasteiger partial charge in [0.15, 0.2) is 5.75 Å². The Labute approximate surface area is 135 Å². The van der Waals surface area contributed by atoms with E-state index in [4.69, 9.17) is 10.5 Å². The van der Waals surface area contributed by atoms with Crippen LogP contribution in [0.3, 0.4) is 0 Å². The molecule has 2 heterocycles. The number of aromatic nitrogens is 2. The highest BCUT2D eigenvalue weighted by atomic mass is 16.5. The maximum Gasteiger partial charge on any atom is 0.225 e. The second-order valence-electron chi connectivity index (χ2n) is 5.66. The van der Waals surface area contributed by atoms with Crippen LogP contribution >= 0.6 is 0 Å². The molecule has 23 heavy (non-hydrogen) atoms. The zero-order chi connectivity index (χ0) is 16.1.